The Morgan fingerprint density at radius 2 is 1.77 bits per heavy atom. The molecule has 30 heavy (non-hydrogen) atoms. The Morgan fingerprint density at radius 3 is 2.47 bits per heavy atom. The maximum atomic E-state index is 13.9. The van der Waals surface area contributed by atoms with Crippen LogP contribution in [0.1, 0.15) is 36.0 Å². The van der Waals surface area contributed by atoms with Gasteiger partial charge in [0.1, 0.15) is 0 Å². The van der Waals surface area contributed by atoms with E-state index in [-0.39, 0.29) is 5.69 Å². The molecule has 0 amide bonds. The molecule has 5 rings (SSSR count). The van der Waals surface area contributed by atoms with Crippen LogP contribution in [0.25, 0.3) is 16.9 Å². The third-order valence-electron chi connectivity index (χ3n) is 5.93. The Labute approximate surface area is 175 Å². The molecule has 2 aromatic heterocycles. The molecule has 0 atom stereocenters. The lowest BCUT2D eigenvalue weighted by Crippen LogP contribution is -2.28. The average molecular weight is 431 g/mol. The summed E-state index contributed by atoms with van der Waals surface area (Å²) in [6, 6.07) is 5.94. The minimum Gasteiger partial charge on any atom is -0.371 e. The van der Waals surface area contributed by atoms with Crippen LogP contribution in [-0.4, -0.2) is 22.9 Å². The van der Waals surface area contributed by atoms with Gasteiger partial charge in [-0.1, -0.05) is 0 Å². The van der Waals surface area contributed by atoms with Gasteiger partial charge in [-0.05, 0) is 67.3 Å². The van der Waals surface area contributed by atoms with Crippen molar-refractivity contribution in [2.45, 2.75) is 38.3 Å². The third kappa shape index (κ3) is 3.23. The van der Waals surface area contributed by atoms with Gasteiger partial charge in [-0.2, -0.15) is 34.3 Å². The molecule has 0 N–H and O–H groups in total. The summed E-state index contributed by atoms with van der Waals surface area (Å²) in [6.45, 7) is 1.61. The summed E-state index contributed by atoms with van der Waals surface area (Å²) in [4.78, 5) is 15.3. The van der Waals surface area contributed by atoms with Crippen LogP contribution >= 0.6 is 11.3 Å². The first-order chi connectivity index (χ1) is 14.4. The Balaban J connectivity index is 1.76. The van der Waals surface area contributed by atoms with Gasteiger partial charge < -0.3 is 4.90 Å². The minimum absolute atomic E-state index is 0.192. The topological polar surface area (TPSA) is 38.1 Å². The molecule has 156 valence electrons. The lowest BCUT2D eigenvalue weighted by atomic mass is 10.1. The predicted molar refractivity (Wildman–Crippen MR) is 112 cm³/mol. The van der Waals surface area contributed by atoms with Gasteiger partial charge in [0.05, 0.1) is 16.9 Å². The van der Waals surface area contributed by atoms with Crippen molar-refractivity contribution in [3.63, 3.8) is 0 Å². The van der Waals surface area contributed by atoms with Crippen molar-refractivity contribution in [3.8, 4) is 16.9 Å². The van der Waals surface area contributed by atoms with Crippen molar-refractivity contribution < 1.29 is 13.2 Å². The molecule has 3 heterocycles. The molecule has 0 radical (unpaired) electrons. The number of hydrogen-bond donors (Lipinski definition) is 0. The van der Waals surface area contributed by atoms with E-state index in [0.717, 1.165) is 60.6 Å². The third-order valence-corrected chi connectivity index (χ3v) is 6.62. The fraction of sp³-hybridized carbons (Fsp3) is 0.364. The SMILES string of the molecule is O=c1c2c(c(-c3ccsc3)nn1-c1cc(N3CCCC3)ccc1C(F)(F)F)CCC2. The normalized spacial score (nSPS) is 16.3. The van der Waals surface area contributed by atoms with E-state index in [1.165, 1.54) is 23.5 Å². The number of anilines is 1. The summed E-state index contributed by atoms with van der Waals surface area (Å²) in [6.07, 6.45) is -0.454. The molecule has 1 saturated heterocycles. The number of nitrogens with zero attached hydrogens (tertiary/aromatic N) is 3. The highest BCUT2D eigenvalue weighted by Gasteiger charge is 2.36. The number of hydrogen-bond acceptors (Lipinski definition) is 4. The number of alkyl halides is 3. The largest absolute Gasteiger partial charge is 0.418 e. The van der Waals surface area contributed by atoms with E-state index in [0.29, 0.717) is 23.4 Å². The molecule has 0 bridgehead atoms. The first-order valence-corrected chi connectivity index (χ1v) is 11.0. The summed E-state index contributed by atoms with van der Waals surface area (Å²) >= 11 is 1.50. The molecule has 0 spiro atoms. The van der Waals surface area contributed by atoms with Gasteiger partial charge in [0.25, 0.3) is 5.56 Å². The van der Waals surface area contributed by atoms with E-state index < -0.39 is 17.3 Å². The number of fused-ring (bicyclic) bond motifs is 1. The van der Waals surface area contributed by atoms with Crippen LogP contribution < -0.4 is 10.5 Å². The van der Waals surface area contributed by atoms with Gasteiger partial charge in [0, 0.05) is 35.3 Å². The second-order valence-electron chi connectivity index (χ2n) is 7.78. The summed E-state index contributed by atoms with van der Waals surface area (Å²) in [5.74, 6) is 0. The van der Waals surface area contributed by atoms with Gasteiger partial charge >= 0.3 is 6.18 Å². The van der Waals surface area contributed by atoms with Gasteiger partial charge in [0.2, 0.25) is 0 Å². The molecule has 1 aliphatic heterocycles. The quantitative estimate of drug-likeness (QED) is 0.581. The molecule has 1 aromatic carbocycles. The van der Waals surface area contributed by atoms with E-state index >= 15 is 0 Å². The smallest absolute Gasteiger partial charge is 0.371 e. The maximum Gasteiger partial charge on any atom is 0.418 e. The van der Waals surface area contributed by atoms with Gasteiger partial charge in [-0.25, -0.2) is 0 Å². The van der Waals surface area contributed by atoms with Crippen LogP contribution in [0.15, 0.2) is 39.8 Å². The van der Waals surface area contributed by atoms with Crippen LogP contribution in [0.3, 0.4) is 0 Å². The summed E-state index contributed by atoms with van der Waals surface area (Å²) in [5, 5.41) is 8.31. The zero-order valence-corrected chi connectivity index (χ0v) is 17.0. The van der Waals surface area contributed by atoms with Crippen LogP contribution in [0.4, 0.5) is 18.9 Å². The molecule has 0 saturated carbocycles. The number of rotatable bonds is 3. The summed E-state index contributed by atoms with van der Waals surface area (Å²) < 4.78 is 42.6. The summed E-state index contributed by atoms with van der Waals surface area (Å²) in [7, 11) is 0. The number of aromatic nitrogens is 2. The maximum absolute atomic E-state index is 13.9. The lowest BCUT2D eigenvalue weighted by molar-refractivity contribution is -0.137. The Hall–Kier alpha value is -2.61. The highest BCUT2D eigenvalue weighted by molar-refractivity contribution is 7.08. The van der Waals surface area contributed by atoms with Crippen molar-refractivity contribution in [2.24, 2.45) is 0 Å². The van der Waals surface area contributed by atoms with Crippen molar-refractivity contribution >= 4 is 17.0 Å². The number of thiophene rings is 1. The Kier molecular flexibility index (Phi) is 4.69. The first-order valence-electron chi connectivity index (χ1n) is 10.1. The minimum atomic E-state index is -4.58. The second kappa shape index (κ2) is 7.27. The first kappa shape index (κ1) is 19.4. The van der Waals surface area contributed by atoms with E-state index in [4.69, 9.17) is 0 Å². The second-order valence-corrected chi connectivity index (χ2v) is 8.56. The fourth-order valence-corrected chi connectivity index (χ4v) is 5.12. The standard InChI is InChI=1S/C22H20F3N3OS/c23-22(24,25)18-7-6-15(27-9-1-2-10-27)12-19(18)28-21(29)17-5-3-4-16(17)20(26-28)14-8-11-30-13-14/h6-8,11-13H,1-5,9-10H2. The van der Waals surface area contributed by atoms with Crippen LogP contribution in [0, 0.1) is 0 Å². The Morgan fingerprint density at radius 1 is 1.00 bits per heavy atom. The molecule has 8 heteroatoms. The van der Waals surface area contributed by atoms with E-state index in [1.807, 2.05) is 16.8 Å². The highest BCUT2D eigenvalue weighted by Crippen LogP contribution is 2.37. The molecule has 3 aromatic rings. The monoisotopic (exact) mass is 431 g/mol. The van der Waals surface area contributed by atoms with Crippen LogP contribution in [-0.2, 0) is 19.0 Å². The van der Waals surface area contributed by atoms with E-state index in [1.54, 1.807) is 0 Å². The molecular formula is C22H20F3N3OS. The predicted octanol–water partition coefficient (Wildman–Crippen LogP) is 5.07. The zero-order valence-electron chi connectivity index (χ0n) is 16.2. The van der Waals surface area contributed by atoms with Gasteiger partial charge in [-0.15, -0.1) is 0 Å². The lowest BCUT2D eigenvalue weighted by Gasteiger charge is -2.22. The summed E-state index contributed by atoms with van der Waals surface area (Å²) in [5.41, 5.74) is 2.15. The Bertz CT molecular complexity index is 1150. The van der Waals surface area contributed by atoms with Crippen molar-refractivity contribution in [1.29, 1.82) is 0 Å². The molecular weight excluding hydrogens is 411 g/mol. The van der Waals surface area contributed by atoms with Crippen LogP contribution in [0.5, 0.6) is 0 Å². The van der Waals surface area contributed by atoms with Crippen molar-refractivity contribution in [1.82, 2.24) is 9.78 Å². The van der Waals surface area contributed by atoms with Crippen LogP contribution in [0.2, 0.25) is 0 Å². The molecule has 1 fully saturated rings. The zero-order chi connectivity index (χ0) is 20.9. The fourth-order valence-electron chi connectivity index (χ4n) is 4.48. The highest BCUT2D eigenvalue weighted by atomic mass is 32.1. The van der Waals surface area contributed by atoms with E-state index in [2.05, 4.69) is 10.00 Å². The number of benzene rings is 1. The molecule has 2 aliphatic rings. The van der Waals surface area contributed by atoms with Gasteiger partial charge in [0.15, 0.2) is 0 Å². The van der Waals surface area contributed by atoms with Crippen molar-refractivity contribution in [3.05, 3.63) is 62.1 Å². The van der Waals surface area contributed by atoms with E-state index in [9.17, 15) is 18.0 Å². The van der Waals surface area contributed by atoms with Crippen molar-refractivity contribution in [2.75, 3.05) is 18.0 Å². The molecule has 4 nitrogen and oxygen atoms in total. The average Bonchev–Trinajstić information content (AvgIpc) is 3.49. The molecule has 1 aliphatic carbocycles. The molecule has 0 unspecified atom stereocenters. The van der Waals surface area contributed by atoms with Gasteiger partial charge in [-0.3, -0.25) is 4.79 Å². The number of halogens is 3.